The third-order valence-electron chi connectivity index (χ3n) is 4.68. The van der Waals surface area contributed by atoms with Crippen LogP contribution in [0.15, 0.2) is 12.1 Å². The quantitative estimate of drug-likeness (QED) is 0.933. The fourth-order valence-electron chi connectivity index (χ4n) is 3.11. The first-order valence-corrected chi connectivity index (χ1v) is 7.88. The topological polar surface area (TPSA) is 50.8 Å². The summed E-state index contributed by atoms with van der Waals surface area (Å²) in [6.07, 6.45) is 1.03. The number of rotatable bonds is 3. The summed E-state index contributed by atoms with van der Waals surface area (Å²) in [5.74, 6) is 1.38. The second-order valence-corrected chi connectivity index (χ2v) is 6.35. The van der Waals surface area contributed by atoms with Crippen LogP contribution in [0.1, 0.15) is 29.2 Å². The molecule has 2 aliphatic heterocycles. The summed E-state index contributed by atoms with van der Waals surface area (Å²) in [7, 11) is 1.84. The first-order chi connectivity index (χ1) is 10.6. The van der Waals surface area contributed by atoms with Gasteiger partial charge in [-0.25, -0.2) is 4.79 Å². The zero-order chi connectivity index (χ0) is 15.7. The molecule has 120 valence electrons. The van der Waals surface area contributed by atoms with Gasteiger partial charge < -0.3 is 19.7 Å². The van der Waals surface area contributed by atoms with Crippen LogP contribution in [0.3, 0.4) is 0 Å². The Labute approximate surface area is 131 Å². The Kier molecular flexibility index (Phi) is 4.25. The van der Waals surface area contributed by atoms with Crippen molar-refractivity contribution in [1.82, 2.24) is 10.2 Å². The number of fused-ring (bicyclic) bond motifs is 1. The van der Waals surface area contributed by atoms with Crippen molar-refractivity contribution in [3.05, 3.63) is 28.8 Å². The van der Waals surface area contributed by atoms with Gasteiger partial charge in [0.15, 0.2) is 0 Å². The molecule has 0 spiro atoms. The predicted octanol–water partition coefficient (Wildman–Crippen LogP) is 2.41. The van der Waals surface area contributed by atoms with E-state index in [4.69, 9.17) is 9.47 Å². The van der Waals surface area contributed by atoms with Gasteiger partial charge in [-0.1, -0.05) is 12.1 Å². The lowest BCUT2D eigenvalue weighted by Crippen LogP contribution is -2.42. The molecule has 2 unspecified atom stereocenters. The van der Waals surface area contributed by atoms with Crippen molar-refractivity contribution in [2.45, 2.75) is 26.3 Å². The highest BCUT2D eigenvalue weighted by Crippen LogP contribution is 2.36. The van der Waals surface area contributed by atoms with Gasteiger partial charge in [0.25, 0.3) is 0 Å². The van der Waals surface area contributed by atoms with Crippen LogP contribution in [0.25, 0.3) is 0 Å². The van der Waals surface area contributed by atoms with Crippen molar-refractivity contribution in [3.8, 4) is 5.75 Å². The molecule has 1 saturated heterocycles. The molecular weight excluding hydrogens is 280 g/mol. The van der Waals surface area contributed by atoms with Crippen molar-refractivity contribution in [1.29, 1.82) is 0 Å². The second kappa shape index (κ2) is 6.16. The van der Waals surface area contributed by atoms with E-state index in [1.54, 1.807) is 4.90 Å². The Morgan fingerprint density at radius 1 is 1.36 bits per heavy atom. The SMILES string of the molecule is Cc1ccc2c(c1C)OCC2NC(=O)N(C)CC1CCOC1. The summed E-state index contributed by atoms with van der Waals surface area (Å²) >= 11 is 0. The summed E-state index contributed by atoms with van der Waals surface area (Å²) in [6.45, 7) is 6.94. The monoisotopic (exact) mass is 304 g/mol. The van der Waals surface area contributed by atoms with Crippen LogP contribution >= 0.6 is 0 Å². The maximum atomic E-state index is 12.4. The van der Waals surface area contributed by atoms with E-state index in [0.717, 1.165) is 43.1 Å². The molecule has 2 heterocycles. The Bertz CT molecular complexity index is 567. The minimum atomic E-state index is -0.0657. The maximum absolute atomic E-state index is 12.4. The zero-order valence-corrected chi connectivity index (χ0v) is 13.5. The smallest absolute Gasteiger partial charge is 0.317 e. The fourth-order valence-corrected chi connectivity index (χ4v) is 3.11. The standard InChI is InChI=1S/C17H24N2O3/c1-11-4-5-14-15(10-22-16(14)12(11)2)18-17(20)19(3)8-13-6-7-21-9-13/h4-5,13,15H,6-10H2,1-3H3,(H,18,20). The van der Waals surface area contributed by atoms with E-state index >= 15 is 0 Å². The van der Waals surface area contributed by atoms with Gasteiger partial charge in [-0.05, 0) is 31.4 Å². The Morgan fingerprint density at radius 3 is 2.91 bits per heavy atom. The molecule has 2 aliphatic rings. The molecule has 0 bridgehead atoms. The number of carbonyl (C=O) groups is 1. The molecule has 0 aromatic heterocycles. The van der Waals surface area contributed by atoms with Crippen molar-refractivity contribution in [2.24, 2.45) is 5.92 Å². The van der Waals surface area contributed by atoms with Crippen LogP contribution in [0, 0.1) is 19.8 Å². The van der Waals surface area contributed by atoms with Gasteiger partial charge in [0.2, 0.25) is 0 Å². The van der Waals surface area contributed by atoms with Gasteiger partial charge in [-0.15, -0.1) is 0 Å². The lowest BCUT2D eigenvalue weighted by Gasteiger charge is -2.23. The number of hydrogen-bond acceptors (Lipinski definition) is 3. The summed E-state index contributed by atoms with van der Waals surface area (Å²) in [5, 5.41) is 3.08. The number of nitrogens with zero attached hydrogens (tertiary/aromatic N) is 1. The number of benzene rings is 1. The number of ether oxygens (including phenoxy) is 2. The summed E-state index contributed by atoms with van der Waals surface area (Å²) < 4.78 is 11.1. The molecule has 2 amide bonds. The molecule has 0 aliphatic carbocycles. The van der Waals surface area contributed by atoms with Crippen molar-refractivity contribution >= 4 is 6.03 Å². The summed E-state index contributed by atoms with van der Waals surface area (Å²) in [4.78, 5) is 14.1. The molecule has 3 rings (SSSR count). The first-order valence-electron chi connectivity index (χ1n) is 7.88. The minimum absolute atomic E-state index is 0.0495. The second-order valence-electron chi connectivity index (χ2n) is 6.35. The Morgan fingerprint density at radius 2 is 2.18 bits per heavy atom. The first kappa shape index (κ1) is 15.2. The number of urea groups is 1. The third kappa shape index (κ3) is 2.90. The van der Waals surface area contributed by atoms with E-state index in [9.17, 15) is 4.79 Å². The highest BCUT2D eigenvalue weighted by molar-refractivity contribution is 5.75. The predicted molar refractivity (Wildman–Crippen MR) is 84.2 cm³/mol. The molecule has 0 radical (unpaired) electrons. The Hall–Kier alpha value is -1.75. The van der Waals surface area contributed by atoms with Crippen LogP contribution in [0.4, 0.5) is 4.79 Å². The van der Waals surface area contributed by atoms with Gasteiger partial charge in [-0.2, -0.15) is 0 Å². The number of hydrogen-bond donors (Lipinski definition) is 1. The molecule has 2 atom stereocenters. The minimum Gasteiger partial charge on any atom is -0.490 e. The highest BCUT2D eigenvalue weighted by atomic mass is 16.5. The van der Waals surface area contributed by atoms with Crippen LogP contribution in [-0.4, -0.2) is 44.3 Å². The van der Waals surface area contributed by atoms with Gasteiger partial charge in [0.1, 0.15) is 12.4 Å². The molecule has 1 aromatic rings. The van der Waals surface area contributed by atoms with Gasteiger partial charge in [0, 0.05) is 31.7 Å². The molecule has 1 aromatic carbocycles. The van der Waals surface area contributed by atoms with E-state index in [-0.39, 0.29) is 12.1 Å². The number of carbonyl (C=O) groups excluding carboxylic acids is 1. The van der Waals surface area contributed by atoms with E-state index in [2.05, 4.69) is 31.3 Å². The number of amides is 2. The van der Waals surface area contributed by atoms with E-state index in [0.29, 0.717) is 12.5 Å². The maximum Gasteiger partial charge on any atom is 0.317 e. The van der Waals surface area contributed by atoms with Gasteiger partial charge in [0.05, 0.1) is 12.6 Å². The molecule has 5 nitrogen and oxygen atoms in total. The molecule has 1 N–H and O–H groups in total. The summed E-state index contributed by atoms with van der Waals surface area (Å²) in [6, 6.07) is 4.03. The molecule has 1 fully saturated rings. The van der Waals surface area contributed by atoms with Crippen LogP contribution in [-0.2, 0) is 4.74 Å². The molecule has 0 saturated carbocycles. The van der Waals surface area contributed by atoms with Crippen molar-refractivity contribution < 1.29 is 14.3 Å². The van der Waals surface area contributed by atoms with Crippen molar-refractivity contribution in [3.63, 3.8) is 0 Å². The van der Waals surface area contributed by atoms with Crippen LogP contribution < -0.4 is 10.1 Å². The average molecular weight is 304 g/mol. The van der Waals surface area contributed by atoms with Crippen LogP contribution in [0.2, 0.25) is 0 Å². The largest absolute Gasteiger partial charge is 0.490 e. The zero-order valence-electron chi connectivity index (χ0n) is 13.5. The molecule has 5 heteroatoms. The van der Waals surface area contributed by atoms with Crippen LogP contribution in [0.5, 0.6) is 5.75 Å². The molecule has 22 heavy (non-hydrogen) atoms. The van der Waals surface area contributed by atoms with E-state index in [1.807, 2.05) is 7.05 Å². The highest BCUT2D eigenvalue weighted by Gasteiger charge is 2.29. The fraction of sp³-hybridized carbons (Fsp3) is 0.588. The van der Waals surface area contributed by atoms with Gasteiger partial charge >= 0.3 is 6.03 Å². The molecular formula is C17H24N2O3. The lowest BCUT2D eigenvalue weighted by atomic mass is 10.0. The van der Waals surface area contributed by atoms with E-state index in [1.165, 1.54) is 5.56 Å². The average Bonchev–Trinajstić information content (AvgIpc) is 3.13. The normalized spacial score (nSPS) is 23.0. The number of nitrogens with one attached hydrogen (secondary N) is 1. The number of aryl methyl sites for hydroxylation is 1. The summed E-state index contributed by atoms with van der Waals surface area (Å²) in [5.41, 5.74) is 3.45. The van der Waals surface area contributed by atoms with E-state index < -0.39 is 0 Å². The van der Waals surface area contributed by atoms with Gasteiger partial charge in [-0.3, -0.25) is 0 Å². The third-order valence-corrected chi connectivity index (χ3v) is 4.68. The van der Waals surface area contributed by atoms with Crippen molar-refractivity contribution in [2.75, 3.05) is 33.4 Å². The lowest BCUT2D eigenvalue weighted by molar-refractivity contribution is 0.169. The Balaban J connectivity index is 1.62.